The van der Waals surface area contributed by atoms with Crippen molar-refractivity contribution >= 4 is 5.97 Å². The number of hydrogen-bond donors (Lipinski definition) is 0. The van der Waals surface area contributed by atoms with E-state index in [-0.39, 0.29) is 18.1 Å². The zero-order valence-electron chi connectivity index (χ0n) is 12.6. The van der Waals surface area contributed by atoms with Crippen LogP contribution in [0.1, 0.15) is 17.4 Å². The highest BCUT2D eigenvalue weighted by molar-refractivity contribution is 5.95. The van der Waals surface area contributed by atoms with Crippen molar-refractivity contribution in [1.82, 2.24) is 9.78 Å². The van der Waals surface area contributed by atoms with Crippen molar-refractivity contribution in [2.24, 2.45) is 0 Å². The van der Waals surface area contributed by atoms with Crippen LogP contribution in [0.2, 0.25) is 0 Å². The first-order valence-corrected chi connectivity index (χ1v) is 7.27. The summed E-state index contributed by atoms with van der Waals surface area (Å²) in [5.74, 6) is -0.863. The molecule has 116 valence electrons. The Bertz CT molecular complexity index is 828. The lowest BCUT2D eigenvalue weighted by Crippen LogP contribution is -2.07. The van der Waals surface area contributed by atoms with Gasteiger partial charge >= 0.3 is 5.97 Å². The van der Waals surface area contributed by atoms with Crippen molar-refractivity contribution in [1.29, 1.82) is 0 Å². The molecule has 0 aliphatic heterocycles. The number of carbonyl (C=O) groups is 1. The van der Waals surface area contributed by atoms with Crippen LogP contribution < -0.4 is 0 Å². The zero-order valence-corrected chi connectivity index (χ0v) is 12.6. The number of aromatic nitrogens is 2. The van der Waals surface area contributed by atoms with Gasteiger partial charge in [0.2, 0.25) is 0 Å². The van der Waals surface area contributed by atoms with E-state index in [2.05, 4.69) is 5.10 Å². The van der Waals surface area contributed by atoms with Gasteiger partial charge < -0.3 is 4.74 Å². The smallest absolute Gasteiger partial charge is 0.359 e. The van der Waals surface area contributed by atoms with Crippen LogP contribution in [-0.4, -0.2) is 22.4 Å². The molecule has 2 aromatic carbocycles. The molecule has 0 radical (unpaired) electrons. The van der Waals surface area contributed by atoms with Crippen LogP contribution in [0.4, 0.5) is 4.39 Å². The Morgan fingerprint density at radius 2 is 1.96 bits per heavy atom. The summed E-state index contributed by atoms with van der Waals surface area (Å²) in [6.07, 6.45) is 1.70. The first-order valence-electron chi connectivity index (χ1n) is 7.27. The zero-order chi connectivity index (χ0) is 16.2. The van der Waals surface area contributed by atoms with Gasteiger partial charge in [0.15, 0.2) is 5.69 Å². The maximum atomic E-state index is 13.4. The summed E-state index contributed by atoms with van der Waals surface area (Å²) in [5.41, 5.74) is 2.24. The third-order valence-electron chi connectivity index (χ3n) is 3.34. The van der Waals surface area contributed by atoms with Gasteiger partial charge in [-0.05, 0) is 30.7 Å². The molecule has 0 aliphatic carbocycles. The lowest BCUT2D eigenvalue weighted by molar-refractivity contribution is 0.0520. The molecule has 3 aromatic rings. The maximum absolute atomic E-state index is 13.4. The van der Waals surface area contributed by atoms with Gasteiger partial charge in [0, 0.05) is 11.8 Å². The van der Waals surface area contributed by atoms with Crippen LogP contribution in [0.25, 0.3) is 16.8 Å². The molecule has 0 N–H and O–H groups in total. The molecule has 4 nitrogen and oxygen atoms in total. The standard InChI is InChI=1S/C18H15FN2O2/c1-2-23-18(22)17-16(13-7-4-3-5-8-13)12-21(20-17)15-10-6-9-14(19)11-15/h3-12H,2H2,1H3. The molecule has 0 fully saturated rings. The Balaban J connectivity index is 2.12. The van der Waals surface area contributed by atoms with E-state index in [1.165, 1.54) is 16.8 Å². The van der Waals surface area contributed by atoms with Crippen LogP contribution in [0.15, 0.2) is 60.8 Å². The van der Waals surface area contributed by atoms with Crippen LogP contribution in [0.5, 0.6) is 0 Å². The van der Waals surface area contributed by atoms with Gasteiger partial charge in [-0.15, -0.1) is 0 Å². The first-order chi connectivity index (χ1) is 11.2. The summed E-state index contributed by atoms with van der Waals surface area (Å²) in [5, 5.41) is 4.29. The molecule has 0 amide bonds. The molecule has 5 heteroatoms. The van der Waals surface area contributed by atoms with Crippen molar-refractivity contribution in [3.05, 3.63) is 72.3 Å². The molecule has 1 heterocycles. The molecule has 0 bridgehead atoms. The highest BCUT2D eigenvalue weighted by atomic mass is 19.1. The molecule has 1 aromatic heterocycles. The summed E-state index contributed by atoms with van der Waals surface area (Å²) in [6, 6.07) is 15.5. The van der Waals surface area contributed by atoms with Crippen LogP contribution in [0, 0.1) is 5.82 Å². The lowest BCUT2D eigenvalue weighted by Gasteiger charge is -2.01. The van der Waals surface area contributed by atoms with Crippen LogP contribution in [-0.2, 0) is 4.74 Å². The molecule has 0 unspecified atom stereocenters. The summed E-state index contributed by atoms with van der Waals surface area (Å²) in [7, 11) is 0. The topological polar surface area (TPSA) is 44.1 Å². The third-order valence-corrected chi connectivity index (χ3v) is 3.34. The van der Waals surface area contributed by atoms with E-state index >= 15 is 0 Å². The molecule has 0 saturated heterocycles. The van der Waals surface area contributed by atoms with Gasteiger partial charge in [0.25, 0.3) is 0 Å². The fourth-order valence-electron chi connectivity index (χ4n) is 2.30. The van der Waals surface area contributed by atoms with Crippen LogP contribution in [0.3, 0.4) is 0 Å². The van der Waals surface area contributed by atoms with Crippen molar-refractivity contribution in [3.8, 4) is 16.8 Å². The number of nitrogens with zero attached hydrogens (tertiary/aromatic N) is 2. The van der Waals surface area contributed by atoms with Gasteiger partial charge in [0.1, 0.15) is 5.82 Å². The number of esters is 1. The summed E-state index contributed by atoms with van der Waals surface area (Å²) in [6.45, 7) is 2.00. The molecule has 0 atom stereocenters. The van der Waals surface area contributed by atoms with Crippen LogP contribution >= 0.6 is 0 Å². The van der Waals surface area contributed by atoms with Crippen molar-refractivity contribution in [2.75, 3.05) is 6.61 Å². The van der Waals surface area contributed by atoms with Crippen molar-refractivity contribution in [3.63, 3.8) is 0 Å². The normalized spacial score (nSPS) is 10.5. The van der Waals surface area contributed by atoms with E-state index < -0.39 is 5.97 Å². The predicted molar refractivity (Wildman–Crippen MR) is 84.9 cm³/mol. The van der Waals surface area contributed by atoms with E-state index in [0.29, 0.717) is 11.3 Å². The first kappa shape index (κ1) is 15.0. The SMILES string of the molecule is CCOC(=O)c1nn(-c2cccc(F)c2)cc1-c1ccccc1. The minimum Gasteiger partial charge on any atom is -0.461 e. The van der Waals surface area contributed by atoms with Gasteiger partial charge in [-0.3, -0.25) is 0 Å². The van der Waals surface area contributed by atoms with E-state index in [1.54, 1.807) is 25.3 Å². The lowest BCUT2D eigenvalue weighted by atomic mass is 10.1. The molecule has 0 saturated carbocycles. The fraction of sp³-hybridized carbons (Fsp3) is 0.111. The van der Waals surface area contributed by atoms with Crippen molar-refractivity contribution in [2.45, 2.75) is 6.92 Å². The highest BCUT2D eigenvalue weighted by Crippen LogP contribution is 2.25. The molecule has 23 heavy (non-hydrogen) atoms. The Morgan fingerprint density at radius 3 is 2.65 bits per heavy atom. The second-order valence-electron chi connectivity index (χ2n) is 4.90. The second kappa shape index (κ2) is 6.44. The number of carbonyl (C=O) groups excluding carboxylic acids is 1. The number of halogens is 1. The largest absolute Gasteiger partial charge is 0.461 e. The van der Waals surface area contributed by atoms with Gasteiger partial charge in [-0.2, -0.15) is 5.10 Å². The average Bonchev–Trinajstić information content (AvgIpc) is 3.01. The number of benzene rings is 2. The average molecular weight is 310 g/mol. The molecule has 0 spiro atoms. The maximum Gasteiger partial charge on any atom is 0.359 e. The molecule has 0 aliphatic rings. The monoisotopic (exact) mass is 310 g/mol. The fourth-order valence-corrected chi connectivity index (χ4v) is 2.30. The Hall–Kier alpha value is -2.95. The van der Waals surface area contributed by atoms with E-state index in [4.69, 9.17) is 4.74 Å². The van der Waals surface area contributed by atoms with E-state index in [9.17, 15) is 9.18 Å². The highest BCUT2D eigenvalue weighted by Gasteiger charge is 2.19. The second-order valence-corrected chi connectivity index (χ2v) is 4.90. The quantitative estimate of drug-likeness (QED) is 0.687. The Labute approximate surface area is 133 Å². The minimum atomic E-state index is -0.499. The summed E-state index contributed by atoms with van der Waals surface area (Å²) < 4.78 is 20.0. The van der Waals surface area contributed by atoms with Crippen molar-refractivity contribution < 1.29 is 13.9 Å². The summed E-state index contributed by atoms with van der Waals surface area (Å²) in [4.78, 5) is 12.2. The van der Waals surface area contributed by atoms with Gasteiger partial charge in [0.05, 0.1) is 12.3 Å². The van der Waals surface area contributed by atoms with Gasteiger partial charge in [-0.1, -0.05) is 36.4 Å². The molecular formula is C18H15FN2O2. The minimum absolute atomic E-state index is 0.210. The summed E-state index contributed by atoms with van der Waals surface area (Å²) >= 11 is 0. The third kappa shape index (κ3) is 3.13. The van der Waals surface area contributed by atoms with E-state index in [1.807, 2.05) is 30.3 Å². The number of hydrogen-bond acceptors (Lipinski definition) is 3. The van der Waals surface area contributed by atoms with Gasteiger partial charge in [-0.25, -0.2) is 13.9 Å². The Kier molecular flexibility index (Phi) is 4.19. The molecule has 3 rings (SSSR count). The Morgan fingerprint density at radius 1 is 1.17 bits per heavy atom. The number of rotatable bonds is 4. The predicted octanol–water partition coefficient (Wildman–Crippen LogP) is 3.86. The molecular weight excluding hydrogens is 295 g/mol. The number of ether oxygens (including phenoxy) is 1. The van der Waals surface area contributed by atoms with E-state index in [0.717, 1.165) is 5.56 Å².